The molecule has 0 aromatic heterocycles. The SMILES string of the molecule is CCC1CCCC(OC(CN)c2ccc(Cl)cc2)C1. The van der Waals surface area contributed by atoms with Crippen LogP contribution < -0.4 is 5.73 Å². The van der Waals surface area contributed by atoms with Crippen molar-refractivity contribution in [1.29, 1.82) is 0 Å². The van der Waals surface area contributed by atoms with Gasteiger partial charge in [0.2, 0.25) is 0 Å². The van der Waals surface area contributed by atoms with Crippen molar-refractivity contribution in [3.8, 4) is 0 Å². The summed E-state index contributed by atoms with van der Waals surface area (Å²) in [5, 5.41) is 0.753. The predicted octanol–water partition coefficient (Wildman–Crippen LogP) is 4.33. The van der Waals surface area contributed by atoms with E-state index in [0.717, 1.165) is 16.5 Å². The molecule has 19 heavy (non-hydrogen) atoms. The van der Waals surface area contributed by atoms with Crippen LogP contribution in [0.4, 0.5) is 0 Å². The fourth-order valence-corrected chi connectivity index (χ4v) is 3.04. The summed E-state index contributed by atoms with van der Waals surface area (Å²) in [7, 11) is 0. The summed E-state index contributed by atoms with van der Waals surface area (Å²) in [5.41, 5.74) is 7.00. The highest BCUT2D eigenvalue weighted by molar-refractivity contribution is 6.30. The molecule has 1 aromatic carbocycles. The van der Waals surface area contributed by atoms with E-state index >= 15 is 0 Å². The van der Waals surface area contributed by atoms with E-state index in [1.807, 2.05) is 24.3 Å². The van der Waals surface area contributed by atoms with Gasteiger partial charge in [-0.15, -0.1) is 0 Å². The van der Waals surface area contributed by atoms with Gasteiger partial charge in [-0.2, -0.15) is 0 Å². The number of benzene rings is 1. The molecule has 0 heterocycles. The minimum atomic E-state index is -0.00197. The number of hydrogen-bond donors (Lipinski definition) is 1. The average molecular weight is 282 g/mol. The zero-order valence-corrected chi connectivity index (χ0v) is 12.4. The maximum Gasteiger partial charge on any atom is 0.0950 e. The molecule has 0 amide bonds. The standard InChI is InChI=1S/C16H24ClNO/c1-2-12-4-3-5-15(10-12)19-16(11-18)13-6-8-14(17)9-7-13/h6-9,12,15-16H,2-5,10-11,18H2,1H3. The molecule has 3 unspecified atom stereocenters. The van der Waals surface area contributed by atoms with Gasteiger partial charge < -0.3 is 10.5 Å². The summed E-state index contributed by atoms with van der Waals surface area (Å²) < 4.78 is 6.23. The highest BCUT2D eigenvalue weighted by atomic mass is 35.5. The van der Waals surface area contributed by atoms with Crippen molar-refractivity contribution in [2.45, 2.75) is 51.2 Å². The van der Waals surface area contributed by atoms with Crippen LogP contribution in [0.3, 0.4) is 0 Å². The second-order valence-electron chi connectivity index (χ2n) is 5.47. The first-order valence-electron chi connectivity index (χ1n) is 7.34. The highest BCUT2D eigenvalue weighted by Crippen LogP contribution is 2.31. The fraction of sp³-hybridized carbons (Fsp3) is 0.625. The maximum atomic E-state index is 6.23. The van der Waals surface area contributed by atoms with E-state index in [1.165, 1.54) is 32.1 Å². The van der Waals surface area contributed by atoms with Crippen LogP contribution in [0.15, 0.2) is 24.3 Å². The molecular weight excluding hydrogens is 258 g/mol. The molecule has 3 atom stereocenters. The molecule has 3 heteroatoms. The smallest absolute Gasteiger partial charge is 0.0950 e. The van der Waals surface area contributed by atoms with E-state index in [1.54, 1.807) is 0 Å². The van der Waals surface area contributed by atoms with Gasteiger partial charge in [-0.05, 0) is 36.5 Å². The number of rotatable bonds is 5. The lowest BCUT2D eigenvalue weighted by atomic mass is 9.85. The second-order valence-corrected chi connectivity index (χ2v) is 5.91. The Bertz CT molecular complexity index is 379. The number of hydrogen-bond acceptors (Lipinski definition) is 2. The molecule has 2 N–H and O–H groups in total. The van der Waals surface area contributed by atoms with Gasteiger partial charge in [0.05, 0.1) is 12.2 Å². The van der Waals surface area contributed by atoms with Crippen molar-refractivity contribution in [3.63, 3.8) is 0 Å². The Kier molecular flexibility index (Phi) is 5.68. The zero-order chi connectivity index (χ0) is 13.7. The predicted molar refractivity (Wildman–Crippen MR) is 80.4 cm³/mol. The van der Waals surface area contributed by atoms with Gasteiger partial charge in [0, 0.05) is 11.6 Å². The summed E-state index contributed by atoms with van der Waals surface area (Å²) in [6.07, 6.45) is 6.60. The summed E-state index contributed by atoms with van der Waals surface area (Å²) in [6.45, 7) is 2.79. The van der Waals surface area contributed by atoms with E-state index in [4.69, 9.17) is 22.1 Å². The average Bonchev–Trinajstić information content (AvgIpc) is 2.46. The summed E-state index contributed by atoms with van der Waals surface area (Å²) in [4.78, 5) is 0. The molecule has 1 aliphatic carbocycles. The molecular formula is C16H24ClNO. The van der Waals surface area contributed by atoms with Gasteiger partial charge in [-0.25, -0.2) is 0 Å². The third-order valence-corrected chi connectivity index (χ3v) is 4.38. The first kappa shape index (κ1) is 14.8. The van der Waals surface area contributed by atoms with E-state index in [9.17, 15) is 0 Å². The van der Waals surface area contributed by atoms with Gasteiger partial charge in [-0.3, -0.25) is 0 Å². The maximum absolute atomic E-state index is 6.23. The van der Waals surface area contributed by atoms with Gasteiger partial charge in [0.25, 0.3) is 0 Å². The van der Waals surface area contributed by atoms with Crippen LogP contribution in [0.2, 0.25) is 5.02 Å². The Hall–Kier alpha value is -0.570. The minimum Gasteiger partial charge on any atom is -0.369 e. The van der Waals surface area contributed by atoms with Crippen LogP contribution in [0.5, 0.6) is 0 Å². The first-order valence-corrected chi connectivity index (χ1v) is 7.71. The molecule has 0 radical (unpaired) electrons. The summed E-state index contributed by atoms with van der Waals surface area (Å²) in [5.74, 6) is 0.822. The molecule has 0 aliphatic heterocycles. The van der Waals surface area contributed by atoms with E-state index < -0.39 is 0 Å². The third kappa shape index (κ3) is 4.20. The van der Waals surface area contributed by atoms with Crippen molar-refractivity contribution in [2.75, 3.05) is 6.54 Å². The third-order valence-electron chi connectivity index (χ3n) is 4.12. The van der Waals surface area contributed by atoms with Crippen LogP contribution in [-0.4, -0.2) is 12.6 Å². The van der Waals surface area contributed by atoms with E-state index in [-0.39, 0.29) is 6.10 Å². The fourth-order valence-electron chi connectivity index (χ4n) is 2.92. The molecule has 0 spiro atoms. The number of halogens is 1. The lowest BCUT2D eigenvalue weighted by molar-refractivity contribution is -0.0381. The normalized spacial score (nSPS) is 25.2. The highest BCUT2D eigenvalue weighted by Gasteiger charge is 2.24. The molecule has 0 saturated heterocycles. The molecule has 2 nitrogen and oxygen atoms in total. The van der Waals surface area contributed by atoms with Gasteiger partial charge in [0.15, 0.2) is 0 Å². The largest absolute Gasteiger partial charge is 0.369 e. The molecule has 106 valence electrons. The van der Waals surface area contributed by atoms with Gasteiger partial charge in [0.1, 0.15) is 0 Å². The molecule has 1 aromatic rings. The number of ether oxygens (including phenoxy) is 1. The Morgan fingerprint density at radius 1 is 1.32 bits per heavy atom. The zero-order valence-electron chi connectivity index (χ0n) is 11.6. The van der Waals surface area contributed by atoms with Crippen molar-refractivity contribution < 1.29 is 4.74 Å². The quantitative estimate of drug-likeness (QED) is 0.872. The van der Waals surface area contributed by atoms with Crippen LogP contribution in [-0.2, 0) is 4.74 Å². The Labute approximate surface area is 121 Å². The van der Waals surface area contributed by atoms with Crippen LogP contribution in [0.25, 0.3) is 0 Å². The summed E-state index contributed by atoms with van der Waals surface area (Å²) >= 11 is 5.92. The molecule has 1 saturated carbocycles. The van der Waals surface area contributed by atoms with Crippen LogP contribution >= 0.6 is 11.6 Å². The van der Waals surface area contributed by atoms with E-state index in [0.29, 0.717) is 12.6 Å². The topological polar surface area (TPSA) is 35.2 Å². The number of nitrogens with two attached hydrogens (primary N) is 1. The van der Waals surface area contributed by atoms with Crippen molar-refractivity contribution in [3.05, 3.63) is 34.9 Å². The lowest BCUT2D eigenvalue weighted by Crippen LogP contribution is -2.27. The van der Waals surface area contributed by atoms with Gasteiger partial charge >= 0.3 is 0 Å². The van der Waals surface area contributed by atoms with Crippen LogP contribution in [0.1, 0.15) is 50.7 Å². The molecule has 0 bridgehead atoms. The Morgan fingerprint density at radius 3 is 2.68 bits per heavy atom. The first-order chi connectivity index (χ1) is 9.22. The Morgan fingerprint density at radius 2 is 2.05 bits per heavy atom. The molecule has 1 fully saturated rings. The Balaban J connectivity index is 1.96. The van der Waals surface area contributed by atoms with Crippen molar-refractivity contribution in [2.24, 2.45) is 11.7 Å². The molecule has 2 rings (SSSR count). The monoisotopic (exact) mass is 281 g/mol. The molecule has 1 aliphatic rings. The lowest BCUT2D eigenvalue weighted by Gasteiger charge is -2.31. The summed E-state index contributed by atoms with van der Waals surface area (Å²) in [6, 6.07) is 7.83. The second kappa shape index (κ2) is 7.28. The van der Waals surface area contributed by atoms with Crippen LogP contribution in [0, 0.1) is 5.92 Å². The van der Waals surface area contributed by atoms with Crippen molar-refractivity contribution >= 4 is 11.6 Å². The minimum absolute atomic E-state index is 0.00197. The van der Waals surface area contributed by atoms with Crippen molar-refractivity contribution in [1.82, 2.24) is 0 Å². The van der Waals surface area contributed by atoms with Gasteiger partial charge in [-0.1, -0.05) is 49.9 Å². The van der Waals surface area contributed by atoms with E-state index in [2.05, 4.69) is 6.92 Å².